The second-order valence-electron chi connectivity index (χ2n) is 5.66. The number of piperidine rings is 1. The first-order valence-corrected chi connectivity index (χ1v) is 7.39. The lowest BCUT2D eigenvalue weighted by atomic mass is 9.91. The predicted octanol–water partition coefficient (Wildman–Crippen LogP) is 2.58. The zero-order chi connectivity index (χ0) is 14.7. The van der Waals surface area contributed by atoms with Crippen LogP contribution in [0.1, 0.15) is 30.1 Å². The zero-order valence-corrected chi connectivity index (χ0v) is 12.8. The summed E-state index contributed by atoms with van der Waals surface area (Å²) in [6, 6.07) is 5.67. The molecule has 3 N–H and O–H groups in total. The molecule has 1 amide bonds. The molecule has 1 saturated heterocycles. The Morgan fingerprint density at radius 2 is 2.30 bits per heavy atom. The van der Waals surface area contributed by atoms with E-state index in [2.05, 4.69) is 24.2 Å². The molecule has 0 bridgehead atoms. The Labute approximate surface area is 125 Å². The number of rotatable bonds is 4. The standard InChI is InChI=1S/C15H22ClN3O/c1-10(11-4-3-7-19(2)9-11)18-12-5-6-13(15(17)20)14(16)8-12/h5-6,8,10-11,18H,3-4,7,9H2,1-2H3,(H2,17,20). The van der Waals surface area contributed by atoms with Gasteiger partial charge >= 0.3 is 0 Å². The van der Waals surface area contributed by atoms with Gasteiger partial charge < -0.3 is 16.0 Å². The third-order valence-electron chi connectivity index (χ3n) is 4.00. The summed E-state index contributed by atoms with van der Waals surface area (Å²) < 4.78 is 0. The Morgan fingerprint density at radius 3 is 2.90 bits per heavy atom. The Kier molecular flexibility index (Phi) is 4.89. The summed E-state index contributed by atoms with van der Waals surface area (Å²) in [6.07, 6.45) is 2.49. The maximum atomic E-state index is 11.2. The van der Waals surface area contributed by atoms with Crippen LogP contribution in [0.3, 0.4) is 0 Å². The van der Waals surface area contributed by atoms with Crippen molar-refractivity contribution in [3.05, 3.63) is 28.8 Å². The molecule has 0 spiro atoms. The second-order valence-corrected chi connectivity index (χ2v) is 6.06. The van der Waals surface area contributed by atoms with Crippen molar-refractivity contribution in [3.63, 3.8) is 0 Å². The largest absolute Gasteiger partial charge is 0.382 e. The summed E-state index contributed by atoms with van der Waals surface area (Å²) in [5.74, 6) is 0.131. The number of carbonyl (C=O) groups is 1. The molecule has 20 heavy (non-hydrogen) atoms. The van der Waals surface area contributed by atoms with Gasteiger partial charge in [0.1, 0.15) is 0 Å². The van der Waals surface area contributed by atoms with Gasteiger partial charge in [0.2, 0.25) is 5.91 Å². The Bertz CT molecular complexity index is 492. The smallest absolute Gasteiger partial charge is 0.250 e. The number of amides is 1. The van der Waals surface area contributed by atoms with Crippen LogP contribution in [0.15, 0.2) is 18.2 Å². The maximum absolute atomic E-state index is 11.2. The Hall–Kier alpha value is -1.26. The molecule has 2 atom stereocenters. The molecular weight excluding hydrogens is 274 g/mol. The molecule has 110 valence electrons. The van der Waals surface area contributed by atoms with E-state index < -0.39 is 5.91 Å². The Balaban J connectivity index is 2.02. The Morgan fingerprint density at radius 1 is 1.55 bits per heavy atom. The lowest BCUT2D eigenvalue weighted by Crippen LogP contribution is -2.39. The van der Waals surface area contributed by atoms with Crippen molar-refractivity contribution in [1.82, 2.24) is 4.90 Å². The zero-order valence-electron chi connectivity index (χ0n) is 12.0. The minimum atomic E-state index is -0.497. The van der Waals surface area contributed by atoms with Gasteiger partial charge in [0.25, 0.3) is 0 Å². The molecule has 2 rings (SSSR count). The van der Waals surface area contributed by atoms with Crippen LogP contribution in [-0.2, 0) is 0 Å². The van der Waals surface area contributed by atoms with Crippen molar-refractivity contribution < 1.29 is 4.79 Å². The van der Waals surface area contributed by atoms with E-state index in [0.717, 1.165) is 12.2 Å². The number of anilines is 1. The number of nitrogens with one attached hydrogen (secondary N) is 1. The molecule has 1 aliphatic rings. The average Bonchev–Trinajstić information content (AvgIpc) is 2.38. The minimum Gasteiger partial charge on any atom is -0.382 e. The summed E-state index contributed by atoms with van der Waals surface area (Å²) in [7, 11) is 2.16. The van der Waals surface area contributed by atoms with Crippen LogP contribution in [-0.4, -0.2) is 37.0 Å². The number of nitrogens with two attached hydrogens (primary N) is 1. The number of halogens is 1. The highest BCUT2D eigenvalue weighted by Gasteiger charge is 2.22. The molecule has 1 fully saturated rings. The number of carbonyl (C=O) groups excluding carboxylic acids is 1. The fourth-order valence-electron chi connectivity index (χ4n) is 2.80. The third kappa shape index (κ3) is 3.64. The SMILES string of the molecule is CC(Nc1ccc(C(N)=O)c(Cl)c1)C1CCCN(C)C1. The van der Waals surface area contributed by atoms with Gasteiger partial charge in [-0.2, -0.15) is 0 Å². The van der Waals surface area contributed by atoms with Gasteiger partial charge in [0.15, 0.2) is 0 Å². The van der Waals surface area contributed by atoms with Crippen LogP contribution < -0.4 is 11.1 Å². The summed E-state index contributed by atoms with van der Waals surface area (Å²) in [4.78, 5) is 13.5. The summed E-state index contributed by atoms with van der Waals surface area (Å²) in [5, 5.41) is 3.87. The molecule has 1 aliphatic heterocycles. The van der Waals surface area contributed by atoms with Crippen LogP contribution in [0.5, 0.6) is 0 Å². The second kappa shape index (κ2) is 6.46. The summed E-state index contributed by atoms with van der Waals surface area (Å²) in [5.41, 5.74) is 6.54. The molecule has 0 saturated carbocycles. The molecule has 0 aliphatic carbocycles. The molecule has 0 aromatic heterocycles. The van der Waals surface area contributed by atoms with Crippen molar-refractivity contribution in [3.8, 4) is 0 Å². The lowest BCUT2D eigenvalue weighted by Gasteiger charge is -2.34. The first-order valence-electron chi connectivity index (χ1n) is 7.02. The normalized spacial score (nSPS) is 21.4. The molecule has 5 heteroatoms. The van der Waals surface area contributed by atoms with Crippen molar-refractivity contribution >= 4 is 23.2 Å². The molecular formula is C15H22ClN3O. The monoisotopic (exact) mass is 295 g/mol. The fourth-order valence-corrected chi connectivity index (χ4v) is 3.07. The van der Waals surface area contributed by atoms with Crippen LogP contribution in [0.4, 0.5) is 5.69 Å². The number of primary amides is 1. The van der Waals surface area contributed by atoms with Gasteiger partial charge in [0.05, 0.1) is 10.6 Å². The van der Waals surface area contributed by atoms with E-state index in [1.807, 2.05) is 6.07 Å². The van der Waals surface area contributed by atoms with Crippen LogP contribution in [0.25, 0.3) is 0 Å². The highest BCUT2D eigenvalue weighted by Crippen LogP contribution is 2.24. The van der Waals surface area contributed by atoms with Crippen molar-refractivity contribution in [1.29, 1.82) is 0 Å². The van der Waals surface area contributed by atoms with Crippen LogP contribution in [0, 0.1) is 5.92 Å². The van der Waals surface area contributed by atoms with Gasteiger partial charge in [-0.15, -0.1) is 0 Å². The summed E-state index contributed by atoms with van der Waals surface area (Å²) in [6.45, 7) is 4.49. The number of hydrogen-bond acceptors (Lipinski definition) is 3. The molecule has 1 aromatic carbocycles. The molecule has 1 aromatic rings. The molecule has 2 unspecified atom stereocenters. The highest BCUT2D eigenvalue weighted by atomic mass is 35.5. The van der Waals surface area contributed by atoms with Gasteiger partial charge in [-0.3, -0.25) is 4.79 Å². The predicted molar refractivity (Wildman–Crippen MR) is 83.3 cm³/mol. The van der Waals surface area contributed by atoms with Crippen molar-refractivity contribution in [2.24, 2.45) is 11.7 Å². The van der Waals surface area contributed by atoms with E-state index in [1.54, 1.807) is 12.1 Å². The van der Waals surface area contributed by atoms with E-state index in [9.17, 15) is 4.79 Å². The van der Waals surface area contributed by atoms with Gasteiger partial charge in [-0.25, -0.2) is 0 Å². The minimum absolute atomic E-state index is 0.363. The number of nitrogens with zero attached hydrogens (tertiary/aromatic N) is 1. The molecule has 1 heterocycles. The van der Waals surface area contributed by atoms with E-state index in [4.69, 9.17) is 17.3 Å². The third-order valence-corrected chi connectivity index (χ3v) is 4.31. The van der Waals surface area contributed by atoms with Crippen LogP contribution in [0.2, 0.25) is 5.02 Å². The topological polar surface area (TPSA) is 58.4 Å². The van der Waals surface area contributed by atoms with E-state index in [1.165, 1.54) is 19.4 Å². The number of likely N-dealkylation sites (tertiary alicyclic amines) is 1. The lowest BCUT2D eigenvalue weighted by molar-refractivity contribution is 0.100. The van der Waals surface area contributed by atoms with Crippen LogP contribution >= 0.6 is 11.6 Å². The van der Waals surface area contributed by atoms with Gasteiger partial charge in [0, 0.05) is 18.3 Å². The average molecular weight is 296 g/mol. The molecule has 4 nitrogen and oxygen atoms in total. The first-order chi connectivity index (χ1) is 9.47. The summed E-state index contributed by atoms with van der Waals surface area (Å²) >= 11 is 6.07. The van der Waals surface area contributed by atoms with Gasteiger partial charge in [-0.05, 0) is 57.5 Å². The number of hydrogen-bond donors (Lipinski definition) is 2. The van der Waals surface area contributed by atoms with E-state index in [0.29, 0.717) is 22.5 Å². The van der Waals surface area contributed by atoms with Crippen molar-refractivity contribution in [2.45, 2.75) is 25.8 Å². The quantitative estimate of drug-likeness (QED) is 0.897. The number of benzene rings is 1. The fraction of sp³-hybridized carbons (Fsp3) is 0.533. The molecule has 0 radical (unpaired) electrons. The first kappa shape index (κ1) is 15.1. The highest BCUT2D eigenvalue weighted by molar-refractivity contribution is 6.34. The maximum Gasteiger partial charge on any atom is 0.250 e. The van der Waals surface area contributed by atoms with E-state index in [-0.39, 0.29) is 0 Å². The van der Waals surface area contributed by atoms with E-state index >= 15 is 0 Å². The van der Waals surface area contributed by atoms with Gasteiger partial charge in [-0.1, -0.05) is 11.6 Å². The van der Waals surface area contributed by atoms with Crippen molar-refractivity contribution in [2.75, 3.05) is 25.5 Å².